The van der Waals surface area contributed by atoms with Crippen LogP contribution in [0.3, 0.4) is 0 Å². The number of nitrogens with zero attached hydrogens (tertiary/aromatic N) is 3. The molecule has 11 heavy (non-hydrogen) atoms. The highest BCUT2D eigenvalue weighted by Crippen LogP contribution is 2.18. The van der Waals surface area contributed by atoms with Gasteiger partial charge in [0, 0.05) is 7.05 Å². The van der Waals surface area contributed by atoms with Crippen molar-refractivity contribution in [1.82, 2.24) is 9.78 Å². The maximum absolute atomic E-state index is 8.71. The van der Waals surface area contributed by atoms with Gasteiger partial charge in [0.2, 0.25) is 0 Å². The van der Waals surface area contributed by atoms with Crippen LogP contribution in [0.4, 0.5) is 0 Å². The number of aryl methyl sites for hydroxylation is 2. The molecule has 58 valence electrons. The van der Waals surface area contributed by atoms with Crippen molar-refractivity contribution < 1.29 is 0 Å². The van der Waals surface area contributed by atoms with Crippen LogP contribution in [0, 0.1) is 11.3 Å². The first-order chi connectivity index (χ1) is 5.20. The Morgan fingerprint density at radius 2 is 2.36 bits per heavy atom. The average molecular weight is 214 g/mol. The summed E-state index contributed by atoms with van der Waals surface area (Å²) in [6, 6.07) is 2.11. The SMILES string of the molecule is CCc1nn(C)c(Br)c1C#N. The number of nitriles is 1. The molecule has 0 radical (unpaired) electrons. The molecule has 0 saturated heterocycles. The molecule has 0 saturated carbocycles. The monoisotopic (exact) mass is 213 g/mol. The summed E-state index contributed by atoms with van der Waals surface area (Å²) in [7, 11) is 1.81. The molecule has 4 heteroatoms. The Morgan fingerprint density at radius 3 is 2.73 bits per heavy atom. The third-order valence-electron chi connectivity index (χ3n) is 1.50. The number of hydrogen-bond acceptors (Lipinski definition) is 2. The van der Waals surface area contributed by atoms with Gasteiger partial charge < -0.3 is 0 Å². The highest BCUT2D eigenvalue weighted by molar-refractivity contribution is 9.10. The summed E-state index contributed by atoms with van der Waals surface area (Å²) in [5.74, 6) is 0. The second-order valence-electron chi connectivity index (χ2n) is 2.20. The molecule has 0 aliphatic heterocycles. The maximum Gasteiger partial charge on any atom is 0.121 e. The molecule has 1 rings (SSSR count). The molecule has 1 aromatic rings. The first-order valence-electron chi connectivity index (χ1n) is 3.32. The smallest absolute Gasteiger partial charge is 0.121 e. The molecule has 0 unspecified atom stereocenters. The average Bonchev–Trinajstić information content (AvgIpc) is 2.28. The highest BCUT2D eigenvalue weighted by atomic mass is 79.9. The Balaban J connectivity index is 3.29. The van der Waals surface area contributed by atoms with Crippen LogP contribution in [0.2, 0.25) is 0 Å². The van der Waals surface area contributed by atoms with Crippen molar-refractivity contribution in [2.45, 2.75) is 13.3 Å². The predicted molar refractivity (Wildman–Crippen MR) is 45.0 cm³/mol. The summed E-state index contributed by atoms with van der Waals surface area (Å²) in [5.41, 5.74) is 1.50. The summed E-state index contributed by atoms with van der Waals surface area (Å²) in [6.07, 6.45) is 0.794. The van der Waals surface area contributed by atoms with Gasteiger partial charge in [0.05, 0.1) is 5.69 Å². The molecule has 0 fully saturated rings. The number of halogens is 1. The second-order valence-corrected chi connectivity index (χ2v) is 2.95. The molecule has 0 aliphatic carbocycles. The van der Waals surface area contributed by atoms with Crippen LogP contribution in [-0.2, 0) is 13.5 Å². The summed E-state index contributed by atoms with van der Waals surface area (Å²) in [4.78, 5) is 0. The van der Waals surface area contributed by atoms with Crippen LogP contribution < -0.4 is 0 Å². The van der Waals surface area contributed by atoms with E-state index < -0.39 is 0 Å². The van der Waals surface area contributed by atoms with E-state index >= 15 is 0 Å². The standard InChI is InChI=1S/C7H8BrN3/c1-3-6-5(4-9)7(8)11(2)10-6/h3H2,1-2H3. The first-order valence-corrected chi connectivity index (χ1v) is 4.11. The van der Waals surface area contributed by atoms with Gasteiger partial charge in [-0.2, -0.15) is 10.4 Å². The van der Waals surface area contributed by atoms with Crippen LogP contribution in [0.15, 0.2) is 4.60 Å². The van der Waals surface area contributed by atoms with Gasteiger partial charge in [0.15, 0.2) is 0 Å². The molecular formula is C7H8BrN3. The molecule has 0 atom stereocenters. The molecule has 0 amide bonds. The normalized spacial score (nSPS) is 9.64. The lowest BCUT2D eigenvalue weighted by molar-refractivity contribution is 0.731. The lowest BCUT2D eigenvalue weighted by Crippen LogP contribution is -1.90. The van der Waals surface area contributed by atoms with E-state index in [9.17, 15) is 0 Å². The molecule has 3 nitrogen and oxygen atoms in total. The quantitative estimate of drug-likeness (QED) is 0.712. The zero-order valence-electron chi connectivity index (χ0n) is 6.43. The Kier molecular flexibility index (Phi) is 2.30. The van der Waals surface area contributed by atoms with Crippen molar-refractivity contribution in [3.05, 3.63) is 15.9 Å². The van der Waals surface area contributed by atoms with Crippen molar-refractivity contribution in [3.63, 3.8) is 0 Å². The van der Waals surface area contributed by atoms with Crippen LogP contribution in [-0.4, -0.2) is 9.78 Å². The van der Waals surface area contributed by atoms with E-state index in [0.717, 1.165) is 16.7 Å². The van der Waals surface area contributed by atoms with E-state index in [1.807, 2.05) is 14.0 Å². The van der Waals surface area contributed by atoms with Crippen LogP contribution in [0.25, 0.3) is 0 Å². The van der Waals surface area contributed by atoms with Gasteiger partial charge in [-0.05, 0) is 22.4 Å². The van der Waals surface area contributed by atoms with Gasteiger partial charge in [0.25, 0.3) is 0 Å². The fourth-order valence-corrected chi connectivity index (χ4v) is 1.31. The van der Waals surface area contributed by atoms with Crippen molar-refractivity contribution in [3.8, 4) is 6.07 Å². The van der Waals surface area contributed by atoms with Crippen molar-refractivity contribution in [2.24, 2.45) is 7.05 Å². The summed E-state index contributed by atoms with van der Waals surface area (Å²) in [5, 5.41) is 12.9. The fraction of sp³-hybridized carbons (Fsp3) is 0.429. The van der Waals surface area contributed by atoms with Crippen molar-refractivity contribution in [2.75, 3.05) is 0 Å². The van der Waals surface area contributed by atoms with E-state index in [2.05, 4.69) is 27.1 Å². The Hall–Kier alpha value is -0.820. The third-order valence-corrected chi connectivity index (χ3v) is 2.41. The van der Waals surface area contributed by atoms with Gasteiger partial charge in [-0.15, -0.1) is 0 Å². The topological polar surface area (TPSA) is 41.6 Å². The van der Waals surface area contributed by atoms with E-state index in [1.54, 1.807) is 4.68 Å². The van der Waals surface area contributed by atoms with Gasteiger partial charge in [-0.1, -0.05) is 6.92 Å². The Labute approximate surface area is 73.8 Å². The van der Waals surface area contributed by atoms with Crippen LogP contribution in [0.5, 0.6) is 0 Å². The summed E-state index contributed by atoms with van der Waals surface area (Å²) in [6.45, 7) is 1.98. The van der Waals surface area contributed by atoms with E-state index in [-0.39, 0.29) is 0 Å². The van der Waals surface area contributed by atoms with Gasteiger partial charge in [-0.3, -0.25) is 4.68 Å². The third kappa shape index (κ3) is 1.29. The van der Waals surface area contributed by atoms with Gasteiger partial charge in [-0.25, -0.2) is 0 Å². The molecule has 0 aliphatic rings. The molecule has 1 aromatic heterocycles. The minimum absolute atomic E-state index is 0.648. The Morgan fingerprint density at radius 1 is 1.73 bits per heavy atom. The van der Waals surface area contributed by atoms with Crippen LogP contribution >= 0.6 is 15.9 Å². The molecule has 0 bridgehead atoms. The van der Waals surface area contributed by atoms with Gasteiger partial charge in [0.1, 0.15) is 16.2 Å². The predicted octanol–water partition coefficient (Wildman–Crippen LogP) is 1.62. The summed E-state index contributed by atoms with van der Waals surface area (Å²) >= 11 is 3.28. The van der Waals surface area contributed by atoms with E-state index in [1.165, 1.54) is 0 Å². The van der Waals surface area contributed by atoms with E-state index in [0.29, 0.717) is 5.56 Å². The number of rotatable bonds is 1. The highest BCUT2D eigenvalue weighted by Gasteiger charge is 2.10. The minimum Gasteiger partial charge on any atom is -0.260 e. The molecule has 0 aromatic carbocycles. The van der Waals surface area contributed by atoms with E-state index in [4.69, 9.17) is 5.26 Å². The van der Waals surface area contributed by atoms with Crippen molar-refractivity contribution in [1.29, 1.82) is 5.26 Å². The molecular weight excluding hydrogens is 206 g/mol. The zero-order chi connectivity index (χ0) is 8.43. The minimum atomic E-state index is 0.648. The lowest BCUT2D eigenvalue weighted by atomic mass is 10.2. The fourth-order valence-electron chi connectivity index (χ4n) is 0.914. The maximum atomic E-state index is 8.71. The molecule has 1 heterocycles. The van der Waals surface area contributed by atoms with Crippen LogP contribution in [0.1, 0.15) is 18.2 Å². The van der Waals surface area contributed by atoms with Crippen molar-refractivity contribution >= 4 is 15.9 Å². The number of aromatic nitrogens is 2. The molecule has 0 spiro atoms. The largest absolute Gasteiger partial charge is 0.260 e. The zero-order valence-corrected chi connectivity index (χ0v) is 8.01. The second kappa shape index (κ2) is 3.05. The number of hydrogen-bond donors (Lipinski definition) is 0. The lowest BCUT2D eigenvalue weighted by Gasteiger charge is -1.87. The Bertz CT molecular complexity index is 308. The summed E-state index contributed by atoms with van der Waals surface area (Å²) < 4.78 is 2.43. The van der Waals surface area contributed by atoms with Gasteiger partial charge >= 0.3 is 0 Å². The first kappa shape index (κ1) is 8.28. The molecule has 0 N–H and O–H groups in total.